The Morgan fingerprint density at radius 3 is 2.71 bits per heavy atom. The number of Topliss-reactive ketones (excluding diaryl/α,β-unsaturated/α-hetero) is 1. The molecule has 4 rings (SSSR count). The fourth-order valence-electron chi connectivity index (χ4n) is 3.51. The molecular formula is C20H18N4O3S. The molecule has 0 aromatic carbocycles. The van der Waals surface area contributed by atoms with Gasteiger partial charge in [-0.15, -0.1) is 11.3 Å². The average molecular weight is 394 g/mol. The van der Waals surface area contributed by atoms with Gasteiger partial charge in [-0.1, -0.05) is 12.1 Å². The van der Waals surface area contributed by atoms with Gasteiger partial charge in [0.05, 0.1) is 22.9 Å². The van der Waals surface area contributed by atoms with Crippen molar-refractivity contribution < 1.29 is 14.7 Å². The first-order valence-corrected chi connectivity index (χ1v) is 9.59. The third-order valence-electron chi connectivity index (χ3n) is 4.79. The molecule has 1 fully saturated rings. The minimum atomic E-state index is -0.695. The highest BCUT2D eigenvalue weighted by Gasteiger charge is 2.46. The predicted molar refractivity (Wildman–Crippen MR) is 104 cm³/mol. The number of carbonyl (C=O) groups excluding carboxylic acids is 2. The topological polar surface area (TPSA) is 99.2 Å². The van der Waals surface area contributed by atoms with Gasteiger partial charge in [0.25, 0.3) is 11.7 Å². The highest BCUT2D eigenvalue weighted by Crippen LogP contribution is 2.42. The molecular weight excluding hydrogens is 376 g/mol. The van der Waals surface area contributed by atoms with Crippen LogP contribution in [0.4, 0.5) is 0 Å². The number of aromatic nitrogens is 3. The normalized spacial score (nSPS) is 18.8. The van der Waals surface area contributed by atoms with E-state index in [1.807, 2.05) is 23.6 Å². The Kier molecular flexibility index (Phi) is 4.56. The van der Waals surface area contributed by atoms with Gasteiger partial charge < -0.3 is 10.0 Å². The summed E-state index contributed by atoms with van der Waals surface area (Å²) in [5.41, 5.74) is 2.56. The number of pyridine rings is 1. The number of ketones is 1. The molecule has 1 amide bonds. The van der Waals surface area contributed by atoms with Crippen molar-refractivity contribution in [3.63, 3.8) is 0 Å². The van der Waals surface area contributed by atoms with Gasteiger partial charge >= 0.3 is 0 Å². The molecule has 1 saturated heterocycles. The van der Waals surface area contributed by atoms with Crippen LogP contribution >= 0.6 is 11.3 Å². The Balaban J connectivity index is 1.87. The van der Waals surface area contributed by atoms with Gasteiger partial charge in [-0.25, -0.2) is 0 Å². The lowest BCUT2D eigenvalue weighted by Crippen LogP contribution is -2.28. The van der Waals surface area contributed by atoms with Crippen molar-refractivity contribution in [3.8, 4) is 0 Å². The minimum Gasteiger partial charge on any atom is -0.507 e. The maximum absolute atomic E-state index is 12.9. The van der Waals surface area contributed by atoms with E-state index in [0.717, 1.165) is 10.4 Å². The Morgan fingerprint density at radius 1 is 1.29 bits per heavy atom. The summed E-state index contributed by atoms with van der Waals surface area (Å²) in [6.45, 7) is 3.73. The van der Waals surface area contributed by atoms with E-state index >= 15 is 0 Å². The van der Waals surface area contributed by atoms with Crippen molar-refractivity contribution in [2.45, 2.75) is 26.4 Å². The summed E-state index contributed by atoms with van der Waals surface area (Å²) >= 11 is 1.43. The minimum absolute atomic E-state index is 0.0870. The Hall–Kier alpha value is -3.26. The molecule has 1 atom stereocenters. The van der Waals surface area contributed by atoms with Crippen molar-refractivity contribution >= 4 is 28.8 Å². The van der Waals surface area contributed by atoms with Crippen LogP contribution in [-0.4, -0.2) is 36.9 Å². The summed E-state index contributed by atoms with van der Waals surface area (Å²) in [7, 11) is 0. The number of hydrogen-bond acceptors (Lipinski definition) is 6. The molecule has 3 aromatic heterocycles. The van der Waals surface area contributed by atoms with Crippen LogP contribution < -0.4 is 0 Å². The Bertz CT molecular complexity index is 1050. The number of aryl methyl sites for hydroxylation is 2. The van der Waals surface area contributed by atoms with Gasteiger partial charge in [-0.3, -0.25) is 19.7 Å². The van der Waals surface area contributed by atoms with Gasteiger partial charge in [0, 0.05) is 29.5 Å². The van der Waals surface area contributed by atoms with E-state index in [-0.39, 0.29) is 17.9 Å². The van der Waals surface area contributed by atoms with Gasteiger partial charge in [0.15, 0.2) is 0 Å². The van der Waals surface area contributed by atoms with Gasteiger partial charge in [-0.05, 0) is 36.9 Å². The summed E-state index contributed by atoms with van der Waals surface area (Å²) in [5.74, 6) is -1.53. The van der Waals surface area contributed by atoms with Gasteiger partial charge in [0.1, 0.15) is 5.76 Å². The number of thiophene rings is 1. The number of likely N-dealkylation sites (tertiary alicyclic amines) is 1. The molecule has 4 heterocycles. The Morgan fingerprint density at radius 2 is 2.11 bits per heavy atom. The van der Waals surface area contributed by atoms with Crippen LogP contribution in [0.25, 0.3) is 5.76 Å². The summed E-state index contributed by atoms with van der Waals surface area (Å²) in [5, 5.41) is 19.8. The standard InChI is InChI=1S/C20H18N4O3S/c1-11-15(12(2)23-22-11)18(25)16-17(14-6-4-8-28-14)24(20(27)19(16)26)10-13-5-3-7-21-9-13/h3-9,17,25H,10H2,1-2H3,(H,22,23)/b18-16+. The molecule has 0 saturated carbocycles. The number of carbonyl (C=O) groups is 2. The first-order chi connectivity index (χ1) is 13.5. The monoisotopic (exact) mass is 394 g/mol. The van der Waals surface area contributed by atoms with Crippen LogP contribution in [0.2, 0.25) is 0 Å². The number of nitrogens with one attached hydrogen (secondary N) is 1. The van der Waals surface area contributed by atoms with E-state index < -0.39 is 17.7 Å². The molecule has 3 aromatic rings. The number of H-pyrrole nitrogens is 1. The van der Waals surface area contributed by atoms with E-state index in [4.69, 9.17) is 0 Å². The zero-order valence-electron chi connectivity index (χ0n) is 15.3. The molecule has 8 heteroatoms. The molecule has 7 nitrogen and oxygen atoms in total. The second-order valence-corrected chi connectivity index (χ2v) is 7.59. The van der Waals surface area contributed by atoms with E-state index in [0.29, 0.717) is 17.0 Å². The van der Waals surface area contributed by atoms with Crippen LogP contribution in [0.15, 0.2) is 47.6 Å². The summed E-state index contributed by atoms with van der Waals surface area (Å²) in [6.07, 6.45) is 3.31. The number of amides is 1. The van der Waals surface area contributed by atoms with E-state index in [1.54, 1.807) is 32.3 Å². The van der Waals surface area contributed by atoms with E-state index in [2.05, 4.69) is 15.2 Å². The van der Waals surface area contributed by atoms with Crippen molar-refractivity contribution in [1.29, 1.82) is 0 Å². The molecule has 0 bridgehead atoms. The predicted octanol–water partition coefficient (Wildman–Crippen LogP) is 3.10. The number of aliphatic hydroxyl groups is 1. The SMILES string of the molecule is Cc1n[nH]c(C)c1/C(O)=C1\C(=O)C(=O)N(Cc2cccnc2)C1c1cccs1. The molecule has 1 aliphatic heterocycles. The first-order valence-electron chi connectivity index (χ1n) is 8.71. The second-order valence-electron chi connectivity index (χ2n) is 6.61. The average Bonchev–Trinajstić information content (AvgIpc) is 3.38. The number of aromatic amines is 1. The van der Waals surface area contributed by atoms with Gasteiger partial charge in [0.2, 0.25) is 0 Å². The maximum Gasteiger partial charge on any atom is 0.295 e. The molecule has 1 unspecified atom stereocenters. The number of aliphatic hydroxyl groups excluding tert-OH is 1. The highest BCUT2D eigenvalue weighted by molar-refractivity contribution is 7.10. The number of rotatable bonds is 4. The van der Waals surface area contributed by atoms with Crippen LogP contribution in [0.5, 0.6) is 0 Å². The molecule has 0 spiro atoms. The molecule has 28 heavy (non-hydrogen) atoms. The number of nitrogens with zero attached hydrogens (tertiary/aromatic N) is 3. The van der Waals surface area contributed by atoms with Crippen LogP contribution in [0.1, 0.15) is 33.4 Å². The van der Waals surface area contributed by atoms with Crippen LogP contribution in [0.3, 0.4) is 0 Å². The van der Waals surface area contributed by atoms with Gasteiger partial charge in [-0.2, -0.15) is 5.10 Å². The Labute approximate surface area is 165 Å². The third-order valence-corrected chi connectivity index (χ3v) is 5.72. The summed E-state index contributed by atoms with van der Waals surface area (Å²) < 4.78 is 0. The maximum atomic E-state index is 12.9. The molecule has 0 aliphatic carbocycles. The molecule has 2 N–H and O–H groups in total. The summed E-state index contributed by atoms with van der Waals surface area (Å²) in [4.78, 5) is 32.2. The molecule has 0 radical (unpaired) electrons. The zero-order valence-corrected chi connectivity index (χ0v) is 16.2. The van der Waals surface area contributed by atoms with E-state index in [9.17, 15) is 14.7 Å². The number of hydrogen-bond donors (Lipinski definition) is 2. The van der Waals surface area contributed by atoms with Crippen LogP contribution in [0, 0.1) is 13.8 Å². The zero-order chi connectivity index (χ0) is 19.8. The van der Waals surface area contributed by atoms with E-state index in [1.165, 1.54) is 16.2 Å². The molecule has 1 aliphatic rings. The fraction of sp³-hybridized carbons (Fsp3) is 0.200. The van der Waals surface area contributed by atoms with Crippen molar-refractivity contribution in [1.82, 2.24) is 20.1 Å². The van der Waals surface area contributed by atoms with Crippen LogP contribution in [-0.2, 0) is 16.1 Å². The van der Waals surface area contributed by atoms with Crippen molar-refractivity contribution in [2.75, 3.05) is 0 Å². The van der Waals surface area contributed by atoms with Crippen molar-refractivity contribution in [2.24, 2.45) is 0 Å². The largest absolute Gasteiger partial charge is 0.507 e. The lowest BCUT2D eigenvalue weighted by atomic mass is 9.99. The quantitative estimate of drug-likeness (QED) is 0.402. The second kappa shape index (κ2) is 7.05. The fourth-order valence-corrected chi connectivity index (χ4v) is 4.35. The summed E-state index contributed by atoms with van der Waals surface area (Å²) in [6, 6.07) is 6.69. The molecule has 142 valence electrons. The first kappa shape index (κ1) is 18.1. The third kappa shape index (κ3) is 2.91. The lowest BCUT2D eigenvalue weighted by Gasteiger charge is -2.24. The smallest absolute Gasteiger partial charge is 0.295 e. The highest BCUT2D eigenvalue weighted by atomic mass is 32.1. The lowest BCUT2D eigenvalue weighted by molar-refractivity contribution is -0.140. The van der Waals surface area contributed by atoms with Crippen molar-refractivity contribution in [3.05, 3.63) is 75.0 Å².